The maximum absolute atomic E-state index is 13.8. The normalized spacial score (nSPS) is 10.5. The summed E-state index contributed by atoms with van der Waals surface area (Å²) < 4.78 is 29.6. The van der Waals surface area contributed by atoms with Crippen molar-refractivity contribution >= 4 is 5.91 Å². The van der Waals surface area contributed by atoms with E-state index >= 15 is 0 Å². The second-order valence-electron chi connectivity index (χ2n) is 6.11. The van der Waals surface area contributed by atoms with Crippen molar-refractivity contribution < 1.29 is 28.2 Å². The van der Waals surface area contributed by atoms with E-state index in [1.54, 1.807) is 12.1 Å². The fourth-order valence-corrected chi connectivity index (χ4v) is 2.63. The number of nitrogens with one attached hydrogen (secondary N) is 1. The van der Waals surface area contributed by atoms with Gasteiger partial charge in [-0.1, -0.05) is 0 Å². The highest BCUT2D eigenvalue weighted by Gasteiger charge is 2.15. The van der Waals surface area contributed by atoms with Gasteiger partial charge in [0.2, 0.25) is 11.8 Å². The van der Waals surface area contributed by atoms with Crippen LogP contribution in [0.3, 0.4) is 0 Å². The van der Waals surface area contributed by atoms with E-state index in [4.69, 9.17) is 19.0 Å². The van der Waals surface area contributed by atoms with Crippen LogP contribution < -0.4 is 19.7 Å². The molecule has 0 unspecified atom stereocenters. The molecule has 0 saturated carbocycles. The first kappa shape index (κ1) is 21.9. The highest BCUT2D eigenvalue weighted by Crippen LogP contribution is 2.28. The molecular weight excluding hydrogens is 407 g/mol. The molecule has 2 heterocycles. The zero-order valence-corrected chi connectivity index (χ0v) is 17.2. The van der Waals surface area contributed by atoms with Crippen LogP contribution in [-0.2, 0) is 11.4 Å². The lowest BCUT2D eigenvalue weighted by Crippen LogP contribution is -2.25. The molecule has 0 aliphatic carbocycles. The van der Waals surface area contributed by atoms with Gasteiger partial charge in [0.05, 0.1) is 44.5 Å². The molecule has 3 aromatic rings. The van der Waals surface area contributed by atoms with Gasteiger partial charge in [0, 0.05) is 11.6 Å². The van der Waals surface area contributed by atoms with Crippen molar-refractivity contribution in [2.75, 3.05) is 20.8 Å². The average Bonchev–Trinajstić information content (AvgIpc) is 2.80. The number of carbonyl (C=O) groups is 1. The number of nitrogens with zero attached hydrogens (tertiary/aromatic N) is 3. The topological polar surface area (TPSA) is 105 Å². The Morgan fingerprint density at radius 3 is 2.68 bits per heavy atom. The first-order valence-electron chi connectivity index (χ1n) is 9.30. The standard InChI is InChI=1S/C21H21FN4O5/c1-4-30-19-8-6-15(21(25-19)29-3)17-10-23-11-18(24-17)20(27)26-31-12-13-9-14(28-2)5-7-16(13)22/h5-11H,4,12H2,1-3H3,(H,26,27). The lowest BCUT2D eigenvalue weighted by atomic mass is 10.2. The molecule has 9 nitrogen and oxygen atoms in total. The van der Waals surface area contributed by atoms with Crippen molar-refractivity contribution in [2.24, 2.45) is 0 Å². The Hall–Kier alpha value is -3.79. The lowest BCUT2D eigenvalue weighted by molar-refractivity contribution is 0.0219. The number of amides is 1. The Labute approximate surface area is 178 Å². The number of ether oxygens (including phenoxy) is 3. The van der Waals surface area contributed by atoms with Gasteiger partial charge in [-0.05, 0) is 31.2 Å². The summed E-state index contributed by atoms with van der Waals surface area (Å²) in [5.41, 5.74) is 3.36. The molecular formula is C21H21FN4O5. The van der Waals surface area contributed by atoms with Crippen molar-refractivity contribution in [3.63, 3.8) is 0 Å². The van der Waals surface area contributed by atoms with E-state index in [1.807, 2.05) is 6.92 Å². The molecule has 1 N–H and O–H groups in total. The van der Waals surface area contributed by atoms with Gasteiger partial charge in [0.15, 0.2) is 0 Å². The van der Waals surface area contributed by atoms with Crippen LogP contribution in [0.25, 0.3) is 11.3 Å². The minimum Gasteiger partial charge on any atom is -0.497 e. The van der Waals surface area contributed by atoms with E-state index in [1.165, 1.54) is 44.8 Å². The molecule has 0 aliphatic rings. The molecule has 0 saturated heterocycles. The quantitative estimate of drug-likeness (QED) is 0.519. The number of pyridine rings is 1. The Bertz CT molecular complexity index is 1060. The summed E-state index contributed by atoms with van der Waals surface area (Å²) in [6.07, 6.45) is 2.76. The minimum atomic E-state index is -0.643. The predicted octanol–water partition coefficient (Wildman–Crippen LogP) is 2.96. The number of carbonyl (C=O) groups excluding carboxylic acids is 1. The number of hydroxylamine groups is 1. The second kappa shape index (κ2) is 10.3. The van der Waals surface area contributed by atoms with Crippen LogP contribution in [0.2, 0.25) is 0 Å². The molecule has 3 rings (SSSR count). The molecule has 0 fully saturated rings. The fourth-order valence-electron chi connectivity index (χ4n) is 2.63. The van der Waals surface area contributed by atoms with Crippen LogP contribution in [0, 0.1) is 5.82 Å². The number of hydrogen-bond donors (Lipinski definition) is 1. The van der Waals surface area contributed by atoms with Crippen LogP contribution >= 0.6 is 0 Å². The molecule has 1 amide bonds. The maximum atomic E-state index is 13.8. The zero-order chi connectivity index (χ0) is 22.2. The van der Waals surface area contributed by atoms with Crippen LogP contribution in [0.4, 0.5) is 4.39 Å². The van der Waals surface area contributed by atoms with Gasteiger partial charge in [-0.25, -0.2) is 14.9 Å². The molecule has 0 bridgehead atoms. The third-order valence-electron chi connectivity index (χ3n) is 4.11. The van der Waals surface area contributed by atoms with Gasteiger partial charge in [-0.15, -0.1) is 0 Å². The van der Waals surface area contributed by atoms with Crippen molar-refractivity contribution in [1.29, 1.82) is 0 Å². The maximum Gasteiger partial charge on any atom is 0.295 e. The van der Waals surface area contributed by atoms with E-state index in [-0.39, 0.29) is 23.7 Å². The second-order valence-corrected chi connectivity index (χ2v) is 6.11. The molecule has 2 aromatic heterocycles. The summed E-state index contributed by atoms with van der Waals surface area (Å²) in [6.45, 7) is 2.11. The number of halogens is 1. The largest absolute Gasteiger partial charge is 0.497 e. The molecule has 162 valence electrons. The number of methoxy groups -OCH3 is 2. The number of benzene rings is 1. The lowest BCUT2D eigenvalue weighted by Gasteiger charge is -2.10. The molecule has 10 heteroatoms. The van der Waals surface area contributed by atoms with Gasteiger partial charge in [-0.2, -0.15) is 4.98 Å². The summed E-state index contributed by atoms with van der Waals surface area (Å²) in [6, 6.07) is 7.61. The SMILES string of the molecule is CCOc1ccc(-c2cncc(C(=O)NOCc3cc(OC)ccc3F)n2)c(OC)n1. The van der Waals surface area contributed by atoms with E-state index in [9.17, 15) is 9.18 Å². The van der Waals surface area contributed by atoms with E-state index in [2.05, 4.69) is 20.4 Å². The van der Waals surface area contributed by atoms with Gasteiger partial charge in [0.25, 0.3) is 5.91 Å². The Morgan fingerprint density at radius 2 is 1.94 bits per heavy atom. The summed E-state index contributed by atoms with van der Waals surface area (Å²) in [5, 5.41) is 0. The first-order valence-corrected chi connectivity index (χ1v) is 9.30. The highest BCUT2D eigenvalue weighted by atomic mass is 19.1. The molecule has 0 aliphatic heterocycles. The van der Waals surface area contributed by atoms with Gasteiger partial charge in [0.1, 0.15) is 23.9 Å². The van der Waals surface area contributed by atoms with Crippen molar-refractivity contribution in [2.45, 2.75) is 13.5 Å². The Kier molecular flexibility index (Phi) is 7.28. The summed E-state index contributed by atoms with van der Waals surface area (Å²) in [5.74, 6) is 0.0379. The van der Waals surface area contributed by atoms with Gasteiger partial charge < -0.3 is 14.2 Å². The summed E-state index contributed by atoms with van der Waals surface area (Å²) >= 11 is 0. The number of aromatic nitrogens is 3. The first-order chi connectivity index (χ1) is 15.0. The van der Waals surface area contributed by atoms with E-state index in [0.29, 0.717) is 29.5 Å². The monoisotopic (exact) mass is 428 g/mol. The fraction of sp³-hybridized carbons (Fsp3) is 0.238. The number of hydrogen-bond acceptors (Lipinski definition) is 8. The van der Waals surface area contributed by atoms with Crippen LogP contribution in [-0.4, -0.2) is 41.7 Å². The molecule has 31 heavy (non-hydrogen) atoms. The van der Waals surface area contributed by atoms with Gasteiger partial charge >= 0.3 is 0 Å². The van der Waals surface area contributed by atoms with E-state index in [0.717, 1.165) is 0 Å². The minimum absolute atomic E-state index is 0.000415. The molecule has 1 aromatic carbocycles. The summed E-state index contributed by atoms with van der Waals surface area (Å²) in [4.78, 5) is 30.1. The predicted molar refractivity (Wildman–Crippen MR) is 108 cm³/mol. The molecule has 0 atom stereocenters. The summed E-state index contributed by atoms with van der Waals surface area (Å²) in [7, 11) is 2.94. The van der Waals surface area contributed by atoms with Crippen molar-refractivity contribution in [1.82, 2.24) is 20.4 Å². The average molecular weight is 428 g/mol. The number of rotatable bonds is 9. The highest BCUT2D eigenvalue weighted by molar-refractivity contribution is 5.91. The van der Waals surface area contributed by atoms with E-state index < -0.39 is 11.7 Å². The Morgan fingerprint density at radius 1 is 1.10 bits per heavy atom. The van der Waals surface area contributed by atoms with Crippen LogP contribution in [0.5, 0.6) is 17.5 Å². The molecule has 0 radical (unpaired) electrons. The zero-order valence-electron chi connectivity index (χ0n) is 17.2. The van der Waals surface area contributed by atoms with Crippen molar-refractivity contribution in [3.05, 3.63) is 59.8 Å². The van der Waals surface area contributed by atoms with Crippen molar-refractivity contribution in [3.8, 4) is 28.8 Å². The van der Waals surface area contributed by atoms with Crippen LogP contribution in [0.1, 0.15) is 23.0 Å². The van der Waals surface area contributed by atoms with Gasteiger partial charge in [-0.3, -0.25) is 14.6 Å². The third-order valence-corrected chi connectivity index (χ3v) is 4.11. The smallest absolute Gasteiger partial charge is 0.295 e. The third kappa shape index (κ3) is 5.43. The van der Waals surface area contributed by atoms with Crippen LogP contribution in [0.15, 0.2) is 42.7 Å². The molecule has 0 spiro atoms. The Balaban J connectivity index is 1.71.